The molecular weight excluding hydrogens is 222 g/mol. The Hall–Kier alpha value is -1.28. The number of benzene rings is 1. The SMILES string of the molecule is CCCC(C)NC(C)c1oc2ccccc2c1C. The van der Waals surface area contributed by atoms with Gasteiger partial charge in [-0.2, -0.15) is 0 Å². The fourth-order valence-electron chi connectivity index (χ4n) is 2.63. The maximum Gasteiger partial charge on any atom is 0.134 e. The predicted octanol–water partition coefficient (Wildman–Crippen LogP) is 4.58. The lowest BCUT2D eigenvalue weighted by Gasteiger charge is -2.18. The number of fused-ring (bicyclic) bond motifs is 1. The van der Waals surface area contributed by atoms with Gasteiger partial charge in [0.2, 0.25) is 0 Å². The molecule has 2 nitrogen and oxygen atoms in total. The number of furan rings is 1. The van der Waals surface area contributed by atoms with Crippen LogP contribution in [-0.2, 0) is 0 Å². The lowest BCUT2D eigenvalue weighted by molar-refractivity contribution is 0.396. The number of hydrogen-bond acceptors (Lipinski definition) is 2. The summed E-state index contributed by atoms with van der Waals surface area (Å²) in [5.41, 5.74) is 2.25. The standard InChI is InChI=1S/C16H23NO/c1-5-8-11(2)17-13(4)16-12(3)14-9-6-7-10-15(14)18-16/h6-7,9-11,13,17H,5,8H2,1-4H3. The summed E-state index contributed by atoms with van der Waals surface area (Å²) in [5, 5.41) is 4.83. The second-order valence-electron chi connectivity index (χ2n) is 5.17. The van der Waals surface area contributed by atoms with Crippen molar-refractivity contribution in [2.24, 2.45) is 0 Å². The van der Waals surface area contributed by atoms with Crippen LogP contribution in [0.2, 0.25) is 0 Å². The third kappa shape index (κ3) is 2.59. The van der Waals surface area contributed by atoms with E-state index in [-0.39, 0.29) is 6.04 Å². The summed E-state index contributed by atoms with van der Waals surface area (Å²) in [6.45, 7) is 8.77. The van der Waals surface area contributed by atoms with Gasteiger partial charge in [0, 0.05) is 11.4 Å². The Bertz CT molecular complexity index is 515. The van der Waals surface area contributed by atoms with Crippen molar-refractivity contribution in [3.05, 3.63) is 35.6 Å². The zero-order chi connectivity index (χ0) is 13.1. The fourth-order valence-corrected chi connectivity index (χ4v) is 2.63. The highest BCUT2D eigenvalue weighted by atomic mass is 16.3. The highest BCUT2D eigenvalue weighted by molar-refractivity contribution is 5.82. The second-order valence-corrected chi connectivity index (χ2v) is 5.17. The summed E-state index contributed by atoms with van der Waals surface area (Å²) in [6, 6.07) is 9.03. The molecule has 2 atom stereocenters. The summed E-state index contributed by atoms with van der Waals surface area (Å²) in [7, 11) is 0. The number of nitrogens with one attached hydrogen (secondary N) is 1. The van der Waals surface area contributed by atoms with Crippen LogP contribution in [0.3, 0.4) is 0 Å². The summed E-state index contributed by atoms with van der Waals surface area (Å²) < 4.78 is 5.98. The molecule has 18 heavy (non-hydrogen) atoms. The normalized spacial score (nSPS) is 14.9. The molecule has 0 aliphatic rings. The summed E-state index contributed by atoms with van der Waals surface area (Å²) in [6.07, 6.45) is 2.41. The summed E-state index contributed by atoms with van der Waals surface area (Å²) in [4.78, 5) is 0. The first kappa shape index (κ1) is 13.2. The van der Waals surface area contributed by atoms with E-state index in [1.807, 2.05) is 12.1 Å². The molecule has 2 rings (SSSR count). The van der Waals surface area contributed by atoms with E-state index in [2.05, 4.69) is 45.1 Å². The molecule has 0 aliphatic carbocycles. The summed E-state index contributed by atoms with van der Waals surface area (Å²) in [5.74, 6) is 1.07. The number of rotatable bonds is 5. The van der Waals surface area contributed by atoms with Gasteiger partial charge in [-0.1, -0.05) is 31.5 Å². The Morgan fingerprint density at radius 2 is 1.94 bits per heavy atom. The van der Waals surface area contributed by atoms with Crippen molar-refractivity contribution >= 4 is 11.0 Å². The van der Waals surface area contributed by atoms with Crippen LogP contribution < -0.4 is 5.32 Å². The molecule has 1 aromatic heterocycles. The van der Waals surface area contributed by atoms with Crippen LogP contribution in [0.1, 0.15) is 51.0 Å². The smallest absolute Gasteiger partial charge is 0.134 e. The molecule has 1 aromatic carbocycles. The predicted molar refractivity (Wildman–Crippen MR) is 76.9 cm³/mol. The number of aryl methyl sites for hydroxylation is 1. The lowest BCUT2D eigenvalue weighted by Crippen LogP contribution is -2.28. The van der Waals surface area contributed by atoms with Crippen LogP contribution in [0.25, 0.3) is 11.0 Å². The third-order valence-electron chi connectivity index (χ3n) is 3.53. The average molecular weight is 245 g/mol. The number of hydrogen-bond donors (Lipinski definition) is 1. The molecule has 0 fully saturated rings. The molecule has 0 spiro atoms. The first-order valence-electron chi connectivity index (χ1n) is 6.87. The van der Waals surface area contributed by atoms with E-state index in [1.165, 1.54) is 23.8 Å². The third-order valence-corrected chi connectivity index (χ3v) is 3.53. The first-order valence-corrected chi connectivity index (χ1v) is 6.87. The Morgan fingerprint density at radius 3 is 2.61 bits per heavy atom. The minimum absolute atomic E-state index is 0.263. The largest absolute Gasteiger partial charge is 0.459 e. The Labute approximate surface area is 109 Å². The summed E-state index contributed by atoms with van der Waals surface area (Å²) >= 11 is 0. The van der Waals surface area contributed by atoms with Gasteiger partial charge < -0.3 is 9.73 Å². The van der Waals surface area contributed by atoms with E-state index in [1.54, 1.807) is 0 Å². The molecule has 0 bridgehead atoms. The molecule has 1 heterocycles. The Balaban J connectivity index is 2.22. The van der Waals surface area contributed by atoms with E-state index in [0.29, 0.717) is 6.04 Å². The van der Waals surface area contributed by atoms with E-state index in [4.69, 9.17) is 4.42 Å². The van der Waals surface area contributed by atoms with Crippen LogP contribution in [0.5, 0.6) is 0 Å². The van der Waals surface area contributed by atoms with Gasteiger partial charge in [-0.05, 0) is 38.8 Å². The average Bonchev–Trinajstić information content (AvgIpc) is 2.68. The van der Waals surface area contributed by atoms with Gasteiger partial charge in [0.1, 0.15) is 11.3 Å². The van der Waals surface area contributed by atoms with E-state index >= 15 is 0 Å². The molecule has 0 amide bonds. The van der Waals surface area contributed by atoms with Gasteiger partial charge in [-0.15, -0.1) is 0 Å². The van der Waals surface area contributed by atoms with Crippen molar-refractivity contribution in [1.29, 1.82) is 0 Å². The van der Waals surface area contributed by atoms with Crippen LogP contribution in [0, 0.1) is 6.92 Å². The molecule has 98 valence electrons. The fraction of sp³-hybridized carbons (Fsp3) is 0.500. The van der Waals surface area contributed by atoms with Gasteiger partial charge in [0.25, 0.3) is 0 Å². The molecule has 0 radical (unpaired) electrons. The van der Waals surface area contributed by atoms with Gasteiger partial charge >= 0.3 is 0 Å². The molecule has 2 unspecified atom stereocenters. The van der Waals surface area contributed by atoms with Gasteiger partial charge in [-0.3, -0.25) is 0 Å². The monoisotopic (exact) mass is 245 g/mol. The van der Waals surface area contributed by atoms with E-state index in [0.717, 1.165) is 11.3 Å². The first-order chi connectivity index (χ1) is 8.63. The second kappa shape index (κ2) is 5.57. The van der Waals surface area contributed by atoms with Gasteiger partial charge in [-0.25, -0.2) is 0 Å². The minimum atomic E-state index is 0.263. The van der Waals surface area contributed by atoms with Gasteiger partial charge in [0.15, 0.2) is 0 Å². The zero-order valence-electron chi connectivity index (χ0n) is 11.8. The minimum Gasteiger partial charge on any atom is -0.459 e. The highest BCUT2D eigenvalue weighted by Crippen LogP contribution is 2.29. The van der Waals surface area contributed by atoms with Crippen molar-refractivity contribution in [2.75, 3.05) is 0 Å². The van der Waals surface area contributed by atoms with Crippen molar-refractivity contribution in [2.45, 2.75) is 52.6 Å². The Morgan fingerprint density at radius 1 is 1.22 bits per heavy atom. The zero-order valence-corrected chi connectivity index (χ0v) is 11.8. The van der Waals surface area contributed by atoms with Crippen molar-refractivity contribution in [3.63, 3.8) is 0 Å². The molecular formula is C16H23NO. The van der Waals surface area contributed by atoms with Crippen LogP contribution in [-0.4, -0.2) is 6.04 Å². The van der Waals surface area contributed by atoms with E-state index < -0.39 is 0 Å². The van der Waals surface area contributed by atoms with Crippen LogP contribution in [0.4, 0.5) is 0 Å². The highest BCUT2D eigenvalue weighted by Gasteiger charge is 2.17. The molecule has 0 saturated heterocycles. The topological polar surface area (TPSA) is 25.2 Å². The molecule has 1 N–H and O–H groups in total. The number of para-hydroxylation sites is 1. The van der Waals surface area contributed by atoms with Crippen molar-refractivity contribution in [3.8, 4) is 0 Å². The Kier molecular flexibility index (Phi) is 4.07. The maximum atomic E-state index is 5.98. The quantitative estimate of drug-likeness (QED) is 0.834. The van der Waals surface area contributed by atoms with Crippen LogP contribution >= 0.6 is 0 Å². The molecule has 0 saturated carbocycles. The van der Waals surface area contributed by atoms with Crippen molar-refractivity contribution < 1.29 is 4.42 Å². The van der Waals surface area contributed by atoms with Gasteiger partial charge in [0.05, 0.1) is 6.04 Å². The van der Waals surface area contributed by atoms with Crippen molar-refractivity contribution in [1.82, 2.24) is 5.32 Å². The molecule has 2 aromatic rings. The molecule has 2 heteroatoms. The molecule has 0 aliphatic heterocycles. The van der Waals surface area contributed by atoms with E-state index in [9.17, 15) is 0 Å². The maximum absolute atomic E-state index is 5.98. The van der Waals surface area contributed by atoms with Crippen LogP contribution in [0.15, 0.2) is 28.7 Å². The lowest BCUT2D eigenvalue weighted by atomic mass is 10.1.